The van der Waals surface area contributed by atoms with Crippen molar-refractivity contribution in [3.63, 3.8) is 0 Å². The van der Waals surface area contributed by atoms with Gasteiger partial charge in [-0.25, -0.2) is 4.68 Å². The van der Waals surface area contributed by atoms with Crippen molar-refractivity contribution in [2.75, 3.05) is 45.4 Å². The van der Waals surface area contributed by atoms with E-state index in [2.05, 4.69) is 20.4 Å². The molecule has 3 aromatic rings. The summed E-state index contributed by atoms with van der Waals surface area (Å²) in [6, 6.07) is 7.81. The van der Waals surface area contributed by atoms with E-state index in [1.807, 2.05) is 42.8 Å². The van der Waals surface area contributed by atoms with Gasteiger partial charge in [0.1, 0.15) is 11.3 Å². The Labute approximate surface area is 194 Å². The molecule has 1 unspecified atom stereocenters. The first-order valence-electron chi connectivity index (χ1n) is 11.4. The molecule has 4 rings (SSSR count). The van der Waals surface area contributed by atoms with Gasteiger partial charge in [0.2, 0.25) is 5.91 Å². The van der Waals surface area contributed by atoms with Crippen molar-refractivity contribution in [2.45, 2.75) is 33.1 Å². The van der Waals surface area contributed by atoms with Gasteiger partial charge in [-0.2, -0.15) is 10.2 Å². The highest BCUT2D eigenvalue weighted by atomic mass is 16.5. The van der Waals surface area contributed by atoms with Gasteiger partial charge in [-0.15, -0.1) is 5.10 Å². The zero-order valence-corrected chi connectivity index (χ0v) is 19.8. The number of hydrogen-bond donors (Lipinski definition) is 1. The van der Waals surface area contributed by atoms with Crippen LogP contribution >= 0.6 is 0 Å². The molecule has 3 heterocycles. The van der Waals surface area contributed by atoms with Crippen LogP contribution in [0.3, 0.4) is 0 Å². The smallest absolute Gasteiger partial charge is 0.224 e. The lowest BCUT2D eigenvalue weighted by Gasteiger charge is -2.32. The number of ether oxygens (including phenoxy) is 2. The Morgan fingerprint density at radius 1 is 1.18 bits per heavy atom. The number of amides is 1. The van der Waals surface area contributed by atoms with E-state index in [-0.39, 0.29) is 11.8 Å². The van der Waals surface area contributed by atoms with Crippen molar-refractivity contribution in [3.8, 4) is 11.4 Å². The number of rotatable bonds is 8. The van der Waals surface area contributed by atoms with Crippen LogP contribution in [0, 0.1) is 19.8 Å². The summed E-state index contributed by atoms with van der Waals surface area (Å²) < 4.78 is 12.3. The maximum absolute atomic E-state index is 12.7. The van der Waals surface area contributed by atoms with Crippen molar-refractivity contribution in [1.29, 1.82) is 0 Å². The Bertz CT molecular complexity index is 1110. The van der Waals surface area contributed by atoms with Gasteiger partial charge in [0.15, 0.2) is 5.82 Å². The number of benzene rings is 1. The Kier molecular flexibility index (Phi) is 7.08. The number of nitrogens with zero attached hydrogens (tertiary/aromatic N) is 5. The summed E-state index contributed by atoms with van der Waals surface area (Å²) in [4.78, 5) is 14.9. The molecule has 1 aliphatic heterocycles. The molecule has 1 amide bonds. The van der Waals surface area contributed by atoms with Crippen LogP contribution < -0.4 is 15.0 Å². The largest absolute Gasteiger partial charge is 0.497 e. The Morgan fingerprint density at radius 2 is 1.97 bits per heavy atom. The molecule has 0 saturated carbocycles. The van der Waals surface area contributed by atoms with Gasteiger partial charge in [0.05, 0.1) is 35.5 Å². The monoisotopic (exact) mass is 452 g/mol. The van der Waals surface area contributed by atoms with E-state index in [0.29, 0.717) is 19.7 Å². The fourth-order valence-electron chi connectivity index (χ4n) is 4.46. The van der Waals surface area contributed by atoms with Crippen LogP contribution in [0.5, 0.6) is 5.75 Å². The summed E-state index contributed by atoms with van der Waals surface area (Å²) in [5, 5.41) is 17.9. The van der Waals surface area contributed by atoms with Crippen molar-refractivity contribution in [2.24, 2.45) is 5.92 Å². The van der Waals surface area contributed by atoms with Crippen LogP contribution in [0.4, 0.5) is 5.82 Å². The minimum absolute atomic E-state index is 0.0794. The minimum atomic E-state index is -0.0794. The highest BCUT2D eigenvalue weighted by Crippen LogP contribution is 2.31. The molecule has 9 heteroatoms. The lowest BCUT2D eigenvalue weighted by atomic mass is 9.97. The summed E-state index contributed by atoms with van der Waals surface area (Å²) in [6.07, 6.45) is 2.60. The predicted molar refractivity (Wildman–Crippen MR) is 127 cm³/mol. The van der Waals surface area contributed by atoms with Crippen molar-refractivity contribution < 1.29 is 14.3 Å². The fourth-order valence-corrected chi connectivity index (χ4v) is 4.46. The summed E-state index contributed by atoms with van der Waals surface area (Å²) in [7, 11) is 3.32. The van der Waals surface area contributed by atoms with Crippen LogP contribution in [0.25, 0.3) is 16.6 Å². The normalized spacial score (nSPS) is 16.2. The second-order valence-corrected chi connectivity index (χ2v) is 8.45. The number of aromatic nitrogens is 4. The molecule has 1 aliphatic rings. The van der Waals surface area contributed by atoms with Crippen LogP contribution in [0.1, 0.15) is 30.7 Å². The molecule has 0 spiro atoms. The number of piperidine rings is 1. The molecular weight excluding hydrogens is 420 g/mol. The Balaban J connectivity index is 1.61. The third-order valence-corrected chi connectivity index (χ3v) is 6.22. The standard InChI is InChI=1S/C24H32N6O3/c1-16-21-17(2)30(19-8-10-20(33-4)11-9-19)28-22(21)23(27-26-16)29-13-5-7-18(15-29)24(31)25-12-6-14-32-3/h8-11,18H,5-7,12-15H2,1-4H3,(H,25,31). The van der Waals surface area contributed by atoms with E-state index in [1.54, 1.807) is 14.2 Å². The van der Waals surface area contributed by atoms with Crippen LogP contribution in [-0.2, 0) is 9.53 Å². The molecule has 1 fully saturated rings. The highest BCUT2D eigenvalue weighted by molar-refractivity contribution is 5.92. The van der Waals surface area contributed by atoms with E-state index < -0.39 is 0 Å². The number of methoxy groups -OCH3 is 2. The molecule has 33 heavy (non-hydrogen) atoms. The van der Waals surface area contributed by atoms with Gasteiger partial charge in [-0.05, 0) is 57.4 Å². The number of nitrogens with one attached hydrogen (secondary N) is 1. The van der Waals surface area contributed by atoms with E-state index in [1.165, 1.54) is 0 Å². The zero-order valence-electron chi connectivity index (χ0n) is 19.8. The molecular formula is C24H32N6O3. The molecule has 176 valence electrons. The minimum Gasteiger partial charge on any atom is -0.497 e. The van der Waals surface area contributed by atoms with Gasteiger partial charge in [-0.1, -0.05) is 0 Å². The van der Waals surface area contributed by atoms with E-state index in [9.17, 15) is 4.79 Å². The van der Waals surface area contributed by atoms with Gasteiger partial charge in [0.25, 0.3) is 0 Å². The van der Waals surface area contributed by atoms with Crippen LogP contribution in [0.15, 0.2) is 24.3 Å². The topological polar surface area (TPSA) is 94.4 Å². The fraction of sp³-hybridized carbons (Fsp3) is 0.500. The zero-order chi connectivity index (χ0) is 23.4. The molecule has 1 atom stereocenters. The first kappa shape index (κ1) is 23.0. The quantitative estimate of drug-likeness (QED) is 0.525. The van der Waals surface area contributed by atoms with Crippen LogP contribution in [-0.4, -0.2) is 66.3 Å². The van der Waals surface area contributed by atoms with Gasteiger partial charge < -0.3 is 19.7 Å². The number of carbonyl (C=O) groups is 1. The van der Waals surface area contributed by atoms with Crippen molar-refractivity contribution in [1.82, 2.24) is 25.3 Å². The number of fused-ring (bicyclic) bond motifs is 1. The lowest BCUT2D eigenvalue weighted by molar-refractivity contribution is -0.125. The third kappa shape index (κ3) is 4.78. The molecule has 1 aromatic carbocycles. The summed E-state index contributed by atoms with van der Waals surface area (Å²) in [5.74, 6) is 1.55. The molecule has 1 saturated heterocycles. The molecule has 9 nitrogen and oxygen atoms in total. The van der Waals surface area contributed by atoms with E-state index >= 15 is 0 Å². The SMILES string of the molecule is COCCCNC(=O)C1CCCN(c2nnc(C)c3c(C)n(-c4ccc(OC)cc4)nc23)C1. The molecule has 0 bridgehead atoms. The van der Waals surface area contributed by atoms with Crippen LogP contribution in [0.2, 0.25) is 0 Å². The Morgan fingerprint density at radius 3 is 2.70 bits per heavy atom. The highest BCUT2D eigenvalue weighted by Gasteiger charge is 2.29. The van der Waals surface area contributed by atoms with E-state index in [0.717, 1.165) is 65.4 Å². The maximum atomic E-state index is 12.7. The summed E-state index contributed by atoms with van der Waals surface area (Å²) >= 11 is 0. The van der Waals surface area contributed by atoms with Gasteiger partial charge in [0, 0.05) is 33.4 Å². The maximum Gasteiger partial charge on any atom is 0.224 e. The Hall–Kier alpha value is -3.20. The average Bonchev–Trinajstić information content (AvgIpc) is 3.20. The number of carbonyl (C=O) groups excluding carboxylic acids is 1. The second-order valence-electron chi connectivity index (χ2n) is 8.45. The first-order valence-corrected chi connectivity index (χ1v) is 11.4. The van der Waals surface area contributed by atoms with Crippen molar-refractivity contribution >= 4 is 22.6 Å². The van der Waals surface area contributed by atoms with Gasteiger partial charge >= 0.3 is 0 Å². The first-order chi connectivity index (χ1) is 16.0. The number of aryl methyl sites for hydroxylation is 2. The van der Waals surface area contributed by atoms with E-state index in [4.69, 9.17) is 14.6 Å². The summed E-state index contributed by atoms with van der Waals surface area (Å²) in [6.45, 7) is 6.71. The average molecular weight is 453 g/mol. The molecule has 0 aliphatic carbocycles. The number of anilines is 1. The summed E-state index contributed by atoms with van der Waals surface area (Å²) in [5.41, 5.74) is 3.61. The molecule has 0 radical (unpaired) electrons. The van der Waals surface area contributed by atoms with Gasteiger partial charge in [-0.3, -0.25) is 4.79 Å². The lowest BCUT2D eigenvalue weighted by Crippen LogP contribution is -2.43. The van der Waals surface area contributed by atoms with Crippen molar-refractivity contribution in [3.05, 3.63) is 35.7 Å². The third-order valence-electron chi connectivity index (χ3n) is 6.22. The molecule has 2 aromatic heterocycles. The second kappa shape index (κ2) is 10.2. The number of hydrogen-bond acceptors (Lipinski definition) is 7. The molecule has 1 N–H and O–H groups in total. The predicted octanol–water partition coefficient (Wildman–Crippen LogP) is 2.81.